The van der Waals surface area contributed by atoms with Gasteiger partial charge in [0.05, 0.1) is 22.1 Å². The zero-order valence-electron chi connectivity index (χ0n) is 36.8. The molecule has 14 aromatic rings. The van der Waals surface area contributed by atoms with Crippen LogP contribution in [0.5, 0.6) is 0 Å². The Bertz CT molecular complexity index is 4230. The van der Waals surface area contributed by atoms with Crippen molar-refractivity contribution >= 4 is 75.9 Å². The lowest BCUT2D eigenvalue weighted by Gasteiger charge is -2.14. The van der Waals surface area contributed by atoms with Gasteiger partial charge >= 0.3 is 0 Å². The average Bonchev–Trinajstić information content (AvgIpc) is 3.93. The minimum Gasteiger partial charge on any atom is -0.309 e. The number of para-hydroxylation sites is 2. The summed E-state index contributed by atoms with van der Waals surface area (Å²) in [5.74, 6) is 1.90. The lowest BCUT2D eigenvalue weighted by atomic mass is 9.94. The highest BCUT2D eigenvalue weighted by atomic mass is 15.0. The Morgan fingerprint density at radius 2 is 0.618 bits per heavy atom. The quantitative estimate of drug-likeness (QED) is 0.156. The molecular formula is C63H39N5. The van der Waals surface area contributed by atoms with Crippen LogP contribution in [0.25, 0.3) is 133 Å². The molecule has 0 spiro atoms. The largest absolute Gasteiger partial charge is 0.309 e. The zero-order chi connectivity index (χ0) is 44.7. The van der Waals surface area contributed by atoms with Gasteiger partial charge in [0.2, 0.25) is 0 Å². The first-order valence-corrected chi connectivity index (χ1v) is 23.1. The van der Waals surface area contributed by atoms with Crippen LogP contribution < -0.4 is 0 Å². The van der Waals surface area contributed by atoms with Gasteiger partial charge in [-0.1, -0.05) is 182 Å². The Labute approximate surface area is 391 Å². The minimum atomic E-state index is 0.624. The van der Waals surface area contributed by atoms with E-state index in [0.717, 1.165) is 50.2 Å². The second kappa shape index (κ2) is 15.2. The smallest absolute Gasteiger partial charge is 0.164 e. The predicted octanol–water partition coefficient (Wildman–Crippen LogP) is 16.2. The molecule has 0 amide bonds. The fourth-order valence-corrected chi connectivity index (χ4v) is 10.6. The first kappa shape index (κ1) is 38.1. The number of rotatable bonds is 6. The molecular weight excluding hydrogens is 827 g/mol. The van der Waals surface area contributed by atoms with Crippen LogP contribution in [0.15, 0.2) is 237 Å². The fourth-order valence-electron chi connectivity index (χ4n) is 10.6. The van der Waals surface area contributed by atoms with E-state index in [2.05, 4.69) is 185 Å². The molecule has 5 nitrogen and oxygen atoms in total. The average molecular weight is 866 g/mol. The molecule has 0 atom stereocenters. The minimum absolute atomic E-state index is 0.624. The van der Waals surface area contributed by atoms with Crippen LogP contribution in [-0.4, -0.2) is 24.1 Å². The lowest BCUT2D eigenvalue weighted by Crippen LogP contribution is -2.01. The third-order valence-electron chi connectivity index (χ3n) is 13.7. The Morgan fingerprint density at radius 3 is 1.25 bits per heavy atom. The van der Waals surface area contributed by atoms with E-state index in [0.29, 0.717) is 17.5 Å². The second-order valence-electron chi connectivity index (χ2n) is 17.6. The fraction of sp³-hybridized carbons (Fsp3) is 0. The zero-order valence-corrected chi connectivity index (χ0v) is 36.8. The number of fused-ring (bicyclic) bond motifs is 12. The van der Waals surface area contributed by atoms with Crippen molar-refractivity contribution in [1.29, 1.82) is 0 Å². The second-order valence-corrected chi connectivity index (χ2v) is 17.6. The number of benzene rings is 11. The molecule has 14 rings (SSSR count). The summed E-state index contributed by atoms with van der Waals surface area (Å²) < 4.78 is 4.82. The summed E-state index contributed by atoms with van der Waals surface area (Å²) in [5.41, 5.74) is 11.9. The molecule has 0 aliphatic rings. The van der Waals surface area contributed by atoms with Crippen molar-refractivity contribution in [2.45, 2.75) is 0 Å². The third kappa shape index (κ3) is 5.99. The third-order valence-corrected chi connectivity index (χ3v) is 13.7. The summed E-state index contributed by atoms with van der Waals surface area (Å²) >= 11 is 0. The van der Waals surface area contributed by atoms with Crippen LogP contribution in [0.2, 0.25) is 0 Å². The van der Waals surface area contributed by atoms with Crippen molar-refractivity contribution in [3.8, 4) is 56.7 Å². The van der Waals surface area contributed by atoms with E-state index in [1.165, 1.54) is 64.9 Å². The number of hydrogen-bond acceptors (Lipinski definition) is 3. The van der Waals surface area contributed by atoms with Gasteiger partial charge in [0.1, 0.15) is 0 Å². The standard InChI is InChI=1S/C63H39N5/c1-3-16-40(17-4-1)61-64-62(41-18-5-2-6-19-41)66-63(65-61)44-20-15-21-45(36-44)68-57-28-13-11-26-52(57)54-33-30-43(38-60(54)68)42-31-35-59-56(37-42)53-27-12-14-29-58(53)67(59)46-32-34-51-49-24-8-7-22-47(49)48-23-9-10-25-50(48)55(51)39-46/h1-39H. The summed E-state index contributed by atoms with van der Waals surface area (Å²) in [6, 6.07) is 84.8. The molecule has 0 saturated heterocycles. The van der Waals surface area contributed by atoms with E-state index in [-0.39, 0.29) is 0 Å². The summed E-state index contributed by atoms with van der Waals surface area (Å²) in [5, 5.41) is 12.5. The molecule has 0 radical (unpaired) electrons. The van der Waals surface area contributed by atoms with Gasteiger partial charge in [-0.25, -0.2) is 15.0 Å². The van der Waals surface area contributed by atoms with Crippen molar-refractivity contribution in [3.63, 3.8) is 0 Å². The SMILES string of the molecule is c1ccc(-c2nc(-c3ccccc3)nc(-c3cccc(-n4c5ccccc5c5ccc(-c6ccc7c(c6)c6ccccc6n7-c6ccc7c8ccccc8c8ccccc8c7c6)cc54)c3)n2)cc1. The van der Waals surface area contributed by atoms with Crippen LogP contribution in [0.3, 0.4) is 0 Å². The molecule has 0 unspecified atom stereocenters. The summed E-state index contributed by atoms with van der Waals surface area (Å²) in [6.45, 7) is 0. The maximum atomic E-state index is 5.07. The van der Waals surface area contributed by atoms with Gasteiger partial charge in [-0.3, -0.25) is 0 Å². The van der Waals surface area contributed by atoms with Gasteiger partial charge in [0, 0.05) is 49.6 Å². The lowest BCUT2D eigenvalue weighted by molar-refractivity contribution is 1.07. The van der Waals surface area contributed by atoms with E-state index >= 15 is 0 Å². The molecule has 5 heteroatoms. The van der Waals surface area contributed by atoms with E-state index in [1.54, 1.807) is 0 Å². The van der Waals surface area contributed by atoms with Crippen molar-refractivity contribution < 1.29 is 0 Å². The maximum absolute atomic E-state index is 5.07. The summed E-state index contributed by atoms with van der Waals surface area (Å²) in [6.07, 6.45) is 0. The van der Waals surface area contributed by atoms with Gasteiger partial charge in [-0.05, 0) is 98.0 Å². The summed E-state index contributed by atoms with van der Waals surface area (Å²) in [7, 11) is 0. The Hall–Kier alpha value is -9.19. The molecule has 0 saturated carbocycles. The Balaban J connectivity index is 0.915. The monoisotopic (exact) mass is 865 g/mol. The van der Waals surface area contributed by atoms with Crippen LogP contribution in [-0.2, 0) is 0 Å². The molecule has 68 heavy (non-hydrogen) atoms. The first-order valence-electron chi connectivity index (χ1n) is 23.1. The van der Waals surface area contributed by atoms with Gasteiger partial charge in [-0.15, -0.1) is 0 Å². The topological polar surface area (TPSA) is 48.5 Å². The Kier molecular flexibility index (Phi) is 8.52. The normalized spacial score (nSPS) is 11.8. The molecule has 0 bridgehead atoms. The number of hydrogen-bond donors (Lipinski definition) is 0. The van der Waals surface area contributed by atoms with Crippen molar-refractivity contribution in [2.24, 2.45) is 0 Å². The van der Waals surface area contributed by atoms with Crippen LogP contribution in [0, 0.1) is 0 Å². The molecule has 316 valence electrons. The highest BCUT2D eigenvalue weighted by Crippen LogP contribution is 2.41. The molecule has 0 fully saturated rings. The number of nitrogens with zero attached hydrogens (tertiary/aromatic N) is 5. The van der Waals surface area contributed by atoms with Crippen molar-refractivity contribution in [1.82, 2.24) is 24.1 Å². The molecule has 3 aromatic heterocycles. The molecule has 0 aliphatic heterocycles. The van der Waals surface area contributed by atoms with Gasteiger partial charge in [0.15, 0.2) is 17.5 Å². The first-order chi connectivity index (χ1) is 33.7. The molecule has 11 aromatic carbocycles. The Morgan fingerprint density at radius 1 is 0.206 bits per heavy atom. The van der Waals surface area contributed by atoms with Crippen molar-refractivity contribution in [3.05, 3.63) is 237 Å². The highest BCUT2D eigenvalue weighted by molar-refractivity contribution is 6.25. The van der Waals surface area contributed by atoms with E-state index < -0.39 is 0 Å². The summed E-state index contributed by atoms with van der Waals surface area (Å²) in [4.78, 5) is 15.1. The van der Waals surface area contributed by atoms with Gasteiger partial charge < -0.3 is 9.13 Å². The highest BCUT2D eigenvalue weighted by Gasteiger charge is 2.19. The molecule has 0 aliphatic carbocycles. The van der Waals surface area contributed by atoms with Crippen LogP contribution in [0.4, 0.5) is 0 Å². The van der Waals surface area contributed by atoms with Gasteiger partial charge in [-0.2, -0.15) is 0 Å². The van der Waals surface area contributed by atoms with E-state index in [4.69, 9.17) is 15.0 Å². The van der Waals surface area contributed by atoms with Gasteiger partial charge in [0.25, 0.3) is 0 Å². The predicted molar refractivity (Wildman–Crippen MR) is 283 cm³/mol. The van der Waals surface area contributed by atoms with E-state index in [1.807, 2.05) is 60.7 Å². The maximum Gasteiger partial charge on any atom is 0.164 e. The molecule has 3 heterocycles. The van der Waals surface area contributed by atoms with Crippen molar-refractivity contribution in [2.75, 3.05) is 0 Å². The molecule has 0 N–H and O–H groups in total. The van der Waals surface area contributed by atoms with E-state index in [9.17, 15) is 0 Å². The van der Waals surface area contributed by atoms with Crippen LogP contribution >= 0.6 is 0 Å². The number of aromatic nitrogens is 5. The van der Waals surface area contributed by atoms with Crippen LogP contribution in [0.1, 0.15) is 0 Å².